The second kappa shape index (κ2) is 8.99. The van der Waals surface area contributed by atoms with Gasteiger partial charge in [-0.25, -0.2) is 0 Å². The summed E-state index contributed by atoms with van der Waals surface area (Å²) in [5.74, 6) is -0.662. The van der Waals surface area contributed by atoms with Gasteiger partial charge in [-0.05, 0) is 48.4 Å². The number of amides is 2. The van der Waals surface area contributed by atoms with Crippen molar-refractivity contribution in [2.45, 2.75) is 31.0 Å². The van der Waals surface area contributed by atoms with Crippen LogP contribution < -0.4 is 5.32 Å². The molecular formula is C22H20Br2N2O4. The van der Waals surface area contributed by atoms with Crippen LogP contribution in [0.2, 0.25) is 0 Å². The summed E-state index contributed by atoms with van der Waals surface area (Å²) in [4.78, 5) is 40.1. The molecule has 0 saturated carbocycles. The van der Waals surface area contributed by atoms with Gasteiger partial charge in [-0.15, -0.1) is 0 Å². The molecule has 0 radical (unpaired) electrons. The van der Waals surface area contributed by atoms with Crippen LogP contribution in [0.25, 0.3) is 0 Å². The highest BCUT2D eigenvalue weighted by molar-refractivity contribution is 9.10. The average Bonchev–Trinajstić information content (AvgIpc) is 3.32. The Morgan fingerprint density at radius 3 is 2.37 bits per heavy atom. The molecule has 2 aliphatic heterocycles. The lowest BCUT2D eigenvalue weighted by Gasteiger charge is -2.27. The first-order chi connectivity index (χ1) is 14.4. The zero-order valence-electron chi connectivity index (χ0n) is 16.0. The third-order valence-corrected chi connectivity index (χ3v) is 6.52. The number of likely N-dealkylation sites (tertiary alicyclic amines) is 1. The third kappa shape index (κ3) is 4.50. The molecule has 2 amide bonds. The van der Waals surface area contributed by atoms with E-state index in [4.69, 9.17) is 4.74 Å². The lowest BCUT2D eigenvalue weighted by Crippen LogP contribution is -2.53. The summed E-state index contributed by atoms with van der Waals surface area (Å²) in [7, 11) is 0. The van der Waals surface area contributed by atoms with Crippen LogP contribution in [0.15, 0.2) is 57.5 Å². The van der Waals surface area contributed by atoms with E-state index in [-0.39, 0.29) is 30.3 Å². The van der Waals surface area contributed by atoms with Crippen LogP contribution in [-0.4, -0.2) is 53.8 Å². The topological polar surface area (TPSA) is 75.7 Å². The summed E-state index contributed by atoms with van der Waals surface area (Å²) in [5, 5.41) is 2.88. The van der Waals surface area contributed by atoms with Gasteiger partial charge in [-0.3, -0.25) is 14.4 Å². The van der Waals surface area contributed by atoms with Gasteiger partial charge in [-0.2, -0.15) is 0 Å². The highest BCUT2D eigenvalue weighted by Crippen LogP contribution is 2.28. The second-order valence-electron chi connectivity index (χ2n) is 7.44. The fourth-order valence-corrected chi connectivity index (χ4v) is 4.47. The summed E-state index contributed by atoms with van der Waals surface area (Å²) >= 11 is 6.76. The molecule has 8 heteroatoms. The minimum Gasteiger partial charge on any atom is -0.368 e. The van der Waals surface area contributed by atoms with Crippen molar-refractivity contribution < 1.29 is 19.1 Å². The SMILES string of the molecule is O=C(NC(Cc1ccc(Br)cc1)C(=O)N1CCC2OCC(=O)C21)c1ccc(Br)cc1. The maximum atomic E-state index is 13.4. The van der Waals surface area contributed by atoms with Crippen LogP contribution in [0, 0.1) is 0 Å². The summed E-state index contributed by atoms with van der Waals surface area (Å²) in [6.45, 7) is 0.493. The fraction of sp³-hybridized carbons (Fsp3) is 0.318. The Bertz CT molecular complexity index is 962. The summed E-state index contributed by atoms with van der Waals surface area (Å²) in [6.07, 6.45) is 0.724. The number of carbonyl (C=O) groups is 3. The largest absolute Gasteiger partial charge is 0.368 e. The molecule has 2 aliphatic rings. The number of ether oxygens (including phenoxy) is 1. The highest BCUT2D eigenvalue weighted by atomic mass is 79.9. The number of hydrogen-bond acceptors (Lipinski definition) is 4. The Balaban J connectivity index is 1.57. The zero-order valence-corrected chi connectivity index (χ0v) is 19.2. The molecule has 2 aromatic carbocycles. The standard InChI is InChI=1S/C22H20Br2N2O4/c23-15-5-1-13(2-6-15)11-17(25-21(28)14-3-7-16(24)8-4-14)22(29)26-10-9-19-20(26)18(27)12-30-19/h1-8,17,19-20H,9-12H2,(H,25,28). The summed E-state index contributed by atoms with van der Waals surface area (Å²) < 4.78 is 7.30. The molecular weight excluding hydrogens is 516 g/mol. The first-order valence-corrected chi connectivity index (χ1v) is 11.3. The van der Waals surface area contributed by atoms with Crippen molar-refractivity contribution >= 4 is 49.5 Å². The average molecular weight is 536 g/mol. The number of fused-ring (bicyclic) bond motifs is 1. The molecule has 0 aliphatic carbocycles. The molecule has 2 saturated heterocycles. The van der Waals surface area contributed by atoms with E-state index >= 15 is 0 Å². The molecule has 3 unspecified atom stereocenters. The number of halogens is 2. The quantitative estimate of drug-likeness (QED) is 0.638. The van der Waals surface area contributed by atoms with Crippen LogP contribution in [0.5, 0.6) is 0 Å². The first-order valence-electron chi connectivity index (χ1n) is 9.68. The zero-order chi connectivity index (χ0) is 21.3. The van der Waals surface area contributed by atoms with Crippen LogP contribution in [0.3, 0.4) is 0 Å². The minimum atomic E-state index is -0.783. The van der Waals surface area contributed by atoms with Gasteiger partial charge in [0.05, 0.1) is 6.10 Å². The third-order valence-electron chi connectivity index (χ3n) is 5.46. The van der Waals surface area contributed by atoms with Gasteiger partial charge in [0.1, 0.15) is 18.7 Å². The Kier molecular flexibility index (Phi) is 6.36. The first kappa shape index (κ1) is 21.2. The lowest BCUT2D eigenvalue weighted by molar-refractivity contribution is -0.138. The molecule has 156 valence electrons. The molecule has 30 heavy (non-hydrogen) atoms. The summed E-state index contributed by atoms with van der Waals surface area (Å²) in [6, 6.07) is 13.2. The van der Waals surface area contributed by atoms with E-state index in [1.165, 1.54) is 0 Å². The number of Topliss-reactive ketones (excluding diaryl/α,β-unsaturated/α-hetero) is 1. The number of benzene rings is 2. The Morgan fingerprint density at radius 2 is 1.70 bits per heavy atom. The number of rotatable bonds is 5. The Hall–Kier alpha value is -2.03. The van der Waals surface area contributed by atoms with Crippen molar-refractivity contribution in [3.8, 4) is 0 Å². The van der Waals surface area contributed by atoms with Gasteiger partial charge < -0.3 is 15.0 Å². The maximum Gasteiger partial charge on any atom is 0.251 e. The van der Waals surface area contributed by atoms with E-state index in [1.807, 2.05) is 24.3 Å². The van der Waals surface area contributed by atoms with Crippen LogP contribution >= 0.6 is 31.9 Å². The van der Waals surface area contributed by atoms with Crippen molar-refractivity contribution in [3.63, 3.8) is 0 Å². The lowest BCUT2D eigenvalue weighted by atomic mass is 10.0. The van der Waals surface area contributed by atoms with Crippen molar-refractivity contribution in [3.05, 3.63) is 68.6 Å². The number of carbonyl (C=O) groups excluding carboxylic acids is 3. The van der Waals surface area contributed by atoms with Crippen molar-refractivity contribution in [2.24, 2.45) is 0 Å². The summed E-state index contributed by atoms with van der Waals surface area (Å²) in [5.41, 5.74) is 1.38. The van der Waals surface area contributed by atoms with Gasteiger partial charge in [0, 0.05) is 27.5 Å². The van der Waals surface area contributed by atoms with Gasteiger partial charge in [0.2, 0.25) is 5.91 Å². The van der Waals surface area contributed by atoms with E-state index < -0.39 is 12.1 Å². The fourth-order valence-electron chi connectivity index (χ4n) is 3.94. The van der Waals surface area contributed by atoms with Crippen LogP contribution in [0.4, 0.5) is 0 Å². The number of hydrogen-bond donors (Lipinski definition) is 1. The molecule has 0 bridgehead atoms. The van der Waals surface area contributed by atoms with Gasteiger partial charge >= 0.3 is 0 Å². The number of nitrogens with one attached hydrogen (secondary N) is 1. The molecule has 0 aromatic heterocycles. The molecule has 6 nitrogen and oxygen atoms in total. The maximum absolute atomic E-state index is 13.4. The van der Waals surface area contributed by atoms with Gasteiger partial charge in [0.15, 0.2) is 5.78 Å². The van der Waals surface area contributed by atoms with E-state index in [1.54, 1.807) is 29.2 Å². The predicted octanol–water partition coefficient (Wildman–Crippen LogP) is 3.12. The number of ketones is 1. The molecule has 2 fully saturated rings. The molecule has 1 N–H and O–H groups in total. The van der Waals surface area contributed by atoms with E-state index in [9.17, 15) is 14.4 Å². The van der Waals surface area contributed by atoms with Crippen LogP contribution in [-0.2, 0) is 20.7 Å². The van der Waals surface area contributed by atoms with E-state index in [2.05, 4.69) is 37.2 Å². The Labute approximate surface area is 191 Å². The highest BCUT2D eigenvalue weighted by Gasteiger charge is 2.48. The molecule has 2 aromatic rings. The second-order valence-corrected chi connectivity index (χ2v) is 9.28. The van der Waals surface area contributed by atoms with Crippen molar-refractivity contribution in [1.82, 2.24) is 10.2 Å². The monoisotopic (exact) mass is 534 g/mol. The van der Waals surface area contributed by atoms with Crippen molar-refractivity contribution in [1.29, 1.82) is 0 Å². The van der Waals surface area contributed by atoms with Gasteiger partial charge in [0.25, 0.3) is 5.91 Å². The predicted molar refractivity (Wildman–Crippen MR) is 118 cm³/mol. The van der Waals surface area contributed by atoms with E-state index in [0.29, 0.717) is 24.9 Å². The van der Waals surface area contributed by atoms with Crippen LogP contribution in [0.1, 0.15) is 22.3 Å². The van der Waals surface area contributed by atoms with E-state index in [0.717, 1.165) is 14.5 Å². The molecule has 4 rings (SSSR count). The van der Waals surface area contributed by atoms with Gasteiger partial charge in [-0.1, -0.05) is 44.0 Å². The molecule has 3 atom stereocenters. The van der Waals surface area contributed by atoms with Crippen molar-refractivity contribution in [2.75, 3.05) is 13.2 Å². The molecule has 0 spiro atoms. The number of nitrogens with zero attached hydrogens (tertiary/aromatic N) is 1. The molecule has 2 heterocycles. The normalized spacial score (nSPS) is 21.4. The Morgan fingerprint density at radius 1 is 1.07 bits per heavy atom. The minimum absolute atomic E-state index is 0.0434. The smallest absolute Gasteiger partial charge is 0.251 e.